The Morgan fingerprint density at radius 1 is 1.17 bits per heavy atom. The first-order valence-electron chi connectivity index (χ1n) is 11.2. The van der Waals surface area contributed by atoms with Gasteiger partial charge in [0.25, 0.3) is 0 Å². The minimum atomic E-state index is -0.141. The summed E-state index contributed by atoms with van der Waals surface area (Å²) in [7, 11) is 1.79. The zero-order chi connectivity index (χ0) is 20.9. The Balaban J connectivity index is 1.71. The van der Waals surface area contributed by atoms with E-state index < -0.39 is 0 Å². The van der Waals surface area contributed by atoms with Crippen LogP contribution in [-0.2, 0) is 9.47 Å². The van der Waals surface area contributed by atoms with E-state index in [1.807, 2.05) is 12.1 Å². The molecular formula is C23H39N3O3. The number of rotatable bonds is 12. The van der Waals surface area contributed by atoms with E-state index in [4.69, 9.17) is 9.47 Å². The zero-order valence-corrected chi connectivity index (χ0v) is 18.4. The number of anilines is 1. The van der Waals surface area contributed by atoms with Crippen molar-refractivity contribution in [3.63, 3.8) is 0 Å². The Bertz CT molecular complexity index is 569. The third kappa shape index (κ3) is 8.33. The number of amides is 2. The Kier molecular flexibility index (Phi) is 11.1. The summed E-state index contributed by atoms with van der Waals surface area (Å²) in [6, 6.07) is 8.05. The highest BCUT2D eigenvalue weighted by Gasteiger charge is 2.20. The van der Waals surface area contributed by atoms with Crippen LogP contribution in [0.3, 0.4) is 0 Å². The molecule has 2 amide bonds. The number of nitrogens with one attached hydrogen (secondary N) is 2. The molecule has 2 atom stereocenters. The summed E-state index contributed by atoms with van der Waals surface area (Å²) in [6.07, 6.45) is 5.52. The lowest BCUT2D eigenvalue weighted by atomic mass is 9.88. The molecule has 0 radical (unpaired) electrons. The van der Waals surface area contributed by atoms with E-state index in [9.17, 15) is 4.79 Å². The Hall–Kier alpha value is -1.63. The Morgan fingerprint density at radius 2 is 1.90 bits per heavy atom. The lowest BCUT2D eigenvalue weighted by Gasteiger charge is -2.26. The molecule has 0 aromatic heterocycles. The van der Waals surface area contributed by atoms with Gasteiger partial charge in [-0.1, -0.05) is 32.4 Å². The van der Waals surface area contributed by atoms with Crippen molar-refractivity contribution in [2.24, 2.45) is 0 Å². The van der Waals surface area contributed by atoms with Gasteiger partial charge in [-0.15, -0.1) is 0 Å². The highest BCUT2D eigenvalue weighted by Crippen LogP contribution is 2.29. The molecule has 2 rings (SSSR count). The van der Waals surface area contributed by atoms with Crippen molar-refractivity contribution < 1.29 is 14.3 Å². The molecule has 1 saturated heterocycles. The average Bonchev–Trinajstić information content (AvgIpc) is 2.75. The fraction of sp³-hybridized carbons (Fsp3) is 0.696. The van der Waals surface area contributed by atoms with Crippen LogP contribution in [0.1, 0.15) is 57.4 Å². The summed E-state index contributed by atoms with van der Waals surface area (Å²) in [6.45, 7) is 9.85. The van der Waals surface area contributed by atoms with Crippen molar-refractivity contribution in [2.45, 2.75) is 58.0 Å². The summed E-state index contributed by atoms with van der Waals surface area (Å²) >= 11 is 0. The van der Waals surface area contributed by atoms with Crippen LogP contribution in [-0.4, -0.2) is 63.5 Å². The summed E-state index contributed by atoms with van der Waals surface area (Å²) < 4.78 is 11.0. The summed E-state index contributed by atoms with van der Waals surface area (Å²) in [5.41, 5.74) is 2.09. The standard InChI is InChI=1S/C23H39N3O3/c1-4-8-21(22(5-2)28-3)19-9-11-20(12-10-19)25-23(27)24-13-6-7-14-26-15-17-29-18-16-26/h9-12,21-22H,4-8,13-18H2,1-3H3,(H2,24,25,27). The molecule has 1 aliphatic rings. The predicted octanol–water partition coefficient (Wildman–Crippen LogP) is 4.23. The van der Waals surface area contributed by atoms with Gasteiger partial charge in [-0.2, -0.15) is 0 Å². The van der Waals surface area contributed by atoms with E-state index >= 15 is 0 Å². The lowest BCUT2D eigenvalue weighted by molar-refractivity contribution is 0.0372. The normalized spacial score (nSPS) is 16.9. The second kappa shape index (κ2) is 13.6. The minimum Gasteiger partial charge on any atom is -0.381 e. The number of carbonyl (C=O) groups excluding carboxylic acids is 1. The first-order valence-corrected chi connectivity index (χ1v) is 11.2. The number of methoxy groups -OCH3 is 1. The second-order valence-electron chi connectivity index (χ2n) is 7.74. The second-order valence-corrected chi connectivity index (χ2v) is 7.74. The Morgan fingerprint density at radius 3 is 2.52 bits per heavy atom. The van der Waals surface area contributed by atoms with Crippen LogP contribution in [0, 0.1) is 0 Å². The van der Waals surface area contributed by atoms with E-state index in [0.717, 1.165) is 70.6 Å². The minimum absolute atomic E-state index is 0.141. The van der Waals surface area contributed by atoms with Gasteiger partial charge in [0.05, 0.1) is 19.3 Å². The number of hydrogen-bond donors (Lipinski definition) is 2. The number of nitrogens with zero attached hydrogens (tertiary/aromatic N) is 1. The third-order valence-corrected chi connectivity index (χ3v) is 5.64. The van der Waals surface area contributed by atoms with Crippen LogP contribution in [0.25, 0.3) is 0 Å². The van der Waals surface area contributed by atoms with Gasteiger partial charge >= 0.3 is 6.03 Å². The van der Waals surface area contributed by atoms with Gasteiger partial charge in [0.2, 0.25) is 0 Å². The fourth-order valence-electron chi connectivity index (χ4n) is 3.97. The van der Waals surface area contributed by atoms with Crippen molar-refractivity contribution in [1.29, 1.82) is 0 Å². The van der Waals surface area contributed by atoms with Crippen LogP contribution in [0.15, 0.2) is 24.3 Å². The summed E-state index contributed by atoms with van der Waals surface area (Å²) in [5.74, 6) is 0.393. The molecule has 1 aromatic rings. The molecule has 6 heteroatoms. The van der Waals surface area contributed by atoms with Gasteiger partial charge in [0.15, 0.2) is 0 Å². The van der Waals surface area contributed by atoms with Gasteiger partial charge in [0, 0.05) is 38.3 Å². The molecule has 0 bridgehead atoms. The summed E-state index contributed by atoms with van der Waals surface area (Å²) in [4.78, 5) is 14.6. The molecular weight excluding hydrogens is 366 g/mol. The third-order valence-electron chi connectivity index (χ3n) is 5.64. The molecule has 2 unspecified atom stereocenters. The number of benzene rings is 1. The van der Waals surface area contributed by atoms with Crippen LogP contribution in [0.2, 0.25) is 0 Å². The van der Waals surface area contributed by atoms with Crippen molar-refractivity contribution in [3.05, 3.63) is 29.8 Å². The molecule has 2 N–H and O–H groups in total. The molecule has 164 valence electrons. The maximum atomic E-state index is 12.1. The molecule has 29 heavy (non-hydrogen) atoms. The van der Waals surface area contributed by atoms with Crippen molar-refractivity contribution in [1.82, 2.24) is 10.2 Å². The molecule has 0 saturated carbocycles. The molecule has 0 spiro atoms. The number of ether oxygens (including phenoxy) is 2. The molecule has 6 nitrogen and oxygen atoms in total. The number of hydrogen-bond acceptors (Lipinski definition) is 4. The zero-order valence-electron chi connectivity index (χ0n) is 18.4. The molecule has 1 fully saturated rings. The maximum Gasteiger partial charge on any atom is 0.319 e. The molecule has 1 aliphatic heterocycles. The average molecular weight is 406 g/mol. The maximum absolute atomic E-state index is 12.1. The quantitative estimate of drug-likeness (QED) is 0.511. The fourth-order valence-corrected chi connectivity index (χ4v) is 3.97. The molecule has 1 heterocycles. The number of morpholine rings is 1. The largest absolute Gasteiger partial charge is 0.381 e. The highest BCUT2D eigenvalue weighted by molar-refractivity contribution is 5.89. The van der Waals surface area contributed by atoms with E-state index in [-0.39, 0.29) is 12.1 Å². The van der Waals surface area contributed by atoms with Gasteiger partial charge in [0.1, 0.15) is 0 Å². The molecule has 0 aliphatic carbocycles. The van der Waals surface area contributed by atoms with E-state index in [2.05, 4.69) is 41.5 Å². The van der Waals surface area contributed by atoms with Crippen molar-refractivity contribution in [2.75, 3.05) is 51.8 Å². The van der Waals surface area contributed by atoms with Crippen LogP contribution in [0.4, 0.5) is 10.5 Å². The predicted molar refractivity (Wildman–Crippen MR) is 119 cm³/mol. The van der Waals surface area contributed by atoms with Crippen molar-refractivity contribution in [3.8, 4) is 0 Å². The first kappa shape index (κ1) is 23.6. The Labute approximate surface area is 176 Å². The first-order chi connectivity index (χ1) is 14.2. The van der Waals surface area contributed by atoms with Gasteiger partial charge in [-0.3, -0.25) is 4.90 Å². The lowest BCUT2D eigenvalue weighted by Crippen LogP contribution is -2.37. The van der Waals surface area contributed by atoms with Crippen LogP contribution < -0.4 is 10.6 Å². The van der Waals surface area contributed by atoms with Gasteiger partial charge in [-0.25, -0.2) is 4.79 Å². The highest BCUT2D eigenvalue weighted by atomic mass is 16.5. The number of carbonyl (C=O) groups is 1. The SMILES string of the molecule is CCCC(c1ccc(NC(=O)NCCCCN2CCOCC2)cc1)C(CC)OC. The van der Waals surface area contributed by atoms with E-state index in [0.29, 0.717) is 12.5 Å². The van der Waals surface area contributed by atoms with Crippen LogP contribution in [0.5, 0.6) is 0 Å². The number of unbranched alkanes of at least 4 members (excludes halogenated alkanes) is 1. The monoisotopic (exact) mass is 405 g/mol. The number of urea groups is 1. The van der Waals surface area contributed by atoms with Gasteiger partial charge in [-0.05, 0) is 49.9 Å². The van der Waals surface area contributed by atoms with Crippen LogP contribution >= 0.6 is 0 Å². The summed E-state index contributed by atoms with van der Waals surface area (Å²) in [5, 5.41) is 5.88. The topological polar surface area (TPSA) is 62.8 Å². The van der Waals surface area contributed by atoms with Gasteiger partial charge < -0.3 is 20.1 Å². The van der Waals surface area contributed by atoms with E-state index in [1.165, 1.54) is 5.56 Å². The molecule has 1 aromatic carbocycles. The smallest absolute Gasteiger partial charge is 0.319 e. The van der Waals surface area contributed by atoms with E-state index in [1.54, 1.807) is 7.11 Å². The van der Waals surface area contributed by atoms with Crippen molar-refractivity contribution >= 4 is 11.7 Å².